The molecular weight excluding hydrogens is 506 g/mol. The zero-order chi connectivity index (χ0) is 25.9. The van der Waals surface area contributed by atoms with Crippen LogP contribution in [0.5, 0.6) is 0 Å². The van der Waals surface area contributed by atoms with Crippen LogP contribution in [0.25, 0.3) is 63.9 Å². The SMILES string of the molecule is c1ccc2c(c1)N=C1c3cc(-c4ccc5sc6ccccc6c5c4)cc4c5ccc6ccccc6c5n(c34)C1N2. The first-order valence-corrected chi connectivity index (χ1v) is 14.5. The maximum absolute atomic E-state index is 5.26. The summed E-state index contributed by atoms with van der Waals surface area (Å²) in [6.07, 6.45) is -0.0470. The van der Waals surface area contributed by atoms with Crippen molar-refractivity contribution < 1.29 is 0 Å². The van der Waals surface area contributed by atoms with Crippen LogP contribution in [-0.4, -0.2) is 10.3 Å². The molecule has 1 unspecified atom stereocenters. The van der Waals surface area contributed by atoms with Crippen molar-refractivity contribution in [1.82, 2.24) is 4.57 Å². The van der Waals surface area contributed by atoms with E-state index in [0.29, 0.717) is 0 Å². The Bertz CT molecular complexity index is 2420. The van der Waals surface area contributed by atoms with Gasteiger partial charge in [0.25, 0.3) is 0 Å². The lowest BCUT2D eigenvalue weighted by Gasteiger charge is -2.25. The minimum atomic E-state index is -0.0470. The molecule has 4 heterocycles. The standard InChI is InChI=1S/C36H21N3S/c1-2-8-23-20(7-1)13-15-25-27-18-22(21-14-16-32-26(17-21)24-9-3-6-12-31(24)40-32)19-28-33-36(39(34(23)25)35(27)28)38-30-11-5-4-10-29(30)37-33/h1-19,36,38H. The van der Waals surface area contributed by atoms with E-state index < -0.39 is 0 Å². The van der Waals surface area contributed by atoms with Crippen molar-refractivity contribution >= 4 is 81.2 Å². The van der Waals surface area contributed by atoms with Crippen LogP contribution in [0.15, 0.2) is 120 Å². The van der Waals surface area contributed by atoms with Crippen LogP contribution in [-0.2, 0) is 0 Å². The molecule has 40 heavy (non-hydrogen) atoms. The van der Waals surface area contributed by atoms with Crippen LogP contribution in [0.4, 0.5) is 11.4 Å². The smallest absolute Gasteiger partial charge is 0.148 e. The fourth-order valence-electron chi connectivity index (χ4n) is 6.96. The number of rotatable bonds is 1. The Labute approximate surface area is 233 Å². The zero-order valence-electron chi connectivity index (χ0n) is 21.3. The highest BCUT2D eigenvalue weighted by Gasteiger charge is 2.36. The maximum atomic E-state index is 5.26. The first-order valence-electron chi connectivity index (χ1n) is 13.7. The van der Waals surface area contributed by atoms with E-state index in [-0.39, 0.29) is 6.17 Å². The van der Waals surface area contributed by atoms with E-state index in [2.05, 4.69) is 125 Å². The van der Waals surface area contributed by atoms with Crippen molar-refractivity contribution in [3.05, 3.63) is 121 Å². The fourth-order valence-corrected chi connectivity index (χ4v) is 8.05. The van der Waals surface area contributed by atoms with Crippen molar-refractivity contribution in [2.45, 2.75) is 6.17 Å². The summed E-state index contributed by atoms with van der Waals surface area (Å²) in [6, 6.07) is 42.1. The minimum Gasteiger partial charge on any atom is -0.358 e. The number of nitrogens with one attached hydrogen (secondary N) is 1. The first kappa shape index (κ1) is 21.0. The highest BCUT2D eigenvalue weighted by molar-refractivity contribution is 7.25. The van der Waals surface area contributed by atoms with Gasteiger partial charge in [-0.1, -0.05) is 72.8 Å². The molecule has 1 N–H and O–H groups in total. The fraction of sp³-hybridized carbons (Fsp3) is 0.0278. The molecule has 2 aliphatic rings. The van der Waals surface area contributed by atoms with Crippen LogP contribution >= 0.6 is 11.3 Å². The number of aliphatic imine (C=N–C) groups is 1. The third kappa shape index (κ3) is 2.61. The molecule has 4 heteroatoms. The number of benzene rings is 6. The van der Waals surface area contributed by atoms with E-state index in [1.807, 2.05) is 11.3 Å². The molecule has 186 valence electrons. The van der Waals surface area contributed by atoms with Gasteiger partial charge in [0, 0.05) is 41.9 Å². The van der Waals surface area contributed by atoms with Crippen molar-refractivity contribution in [3.8, 4) is 11.1 Å². The van der Waals surface area contributed by atoms with Gasteiger partial charge in [0.15, 0.2) is 0 Å². The molecule has 0 fully saturated rings. The van der Waals surface area contributed by atoms with Crippen molar-refractivity contribution in [2.24, 2.45) is 4.99 Å². The van der Waals surface area contributed by atoms with E-state index >= 15 is 0 Å². The number of aromatic nitrogens is 1. The van der Waals surface area contributed by atoms with Gasteiger partial charge in [-0.25, -0.2) is 4.99 Å². The second-order valence-electron chi connectivity index (χ2n) is 10.8. The van der Waals surface area contributed by atoms with Crippen LogP contribution in [0.2, 0.25) is 0 Å². The molecule has 0 aliphatic carbocycles. The lowest BCUT2D eigenvalue weighted by Crippen LogP contribution is -2.25. The van der Waals surface area contributed by atoms with Gasteiger partial charge in [-0.3, -0.25) is 0 Å². The minimum absolute atomic E-state index is 0.0470. The van der Waals surface area contributed by atoms with E-state index in [1.165, 1.54) is 69.4 Å². The topological polar surface area (TPSA) is 29.3 Å². The molecule has 0 radical (unpaired) electrons. The molecule has 3 nitrogen and oxygen atoms in total. The summed E-state index contributed by atoms with van der Waals surface area (Å²) < 4.78 is 5.16. The molecule has 0 saturated carbocycles. The van der Waals surface area contributed by atoms with Gasteiger partial charge in [0.2, 0.25) is 0 Å². The lowest BCUT2D eigenvalue weighted by atomic mass is 9.95. The summed E-state index contributed by atoms with van der Waals surface area (Å²) in [4.78, 5) is 5.26. The van der Waals surface area contributed by atoms with E-state index in [9.17, 15) is 0 Å². The van der Waals surface area contributed by atoms with Crippen LogP contribution in [0, 0.1) is 0 Å². The third-order valence-electron chi connectivity index (χ3n) is 8.72. The van der Waals surface area contributed by atoms with Gasteiger partial charge in [0.05, 0.1) is 28.1 Å². The van der Waals surface area contributed by atoms with Crippen LogP contribution < -0.4 is 5.32 Å². The number of hydrogen-bond donors (Lipinski definition) is 1. The number of para-hydroxylation sites is 2. The summed E-state index contributed by atoms with van der Waals surface area (Å²) in [6.45, 7) is 0. The predicted molar refractivity (Wildman–Crippen MR) is 171 cm³/mol. The average Bonchev–Trinajstić information content (AvgIpc) is 3.65. The summed E-state index contributed by atoms with van der Waals surface area (Å²) in [5.41, 5.74) is 9.40. The van der Waals surface area contributed by atoms with E-state index in [1.54, 1.807) is 0 Å². The Morgan fingerprint density at radius 1 is 0.600 bits per heavy atom. The molecular formula is C36H21N3S. The number of anilines is 1. The molecule has 10 rings (SSSR count). The Hall–Kier alpha value is -4.93. The highest BCUT2D eigenvalue weighted by atomic mass is 32.1. The summed E-state index contributed by atoms with van der Waals surface area (Å²) in [7, 11) is 0. The second kappa shape index (κ2) is 7.38. The number of nitrogens with zero attached hydrogens (tertiary/aromatic N) is 2. The predicted octanol–water partition coefficient (Wildman–Crippen LogP) is 10.0. The molecule has 8 aromatic rings. The molecule has 2 aliphatic heterocycles. The molecule has 0 amide bonds. The van der Waals surface area contributed by atoms with Gasteiger partial charge in [-0.2, -0.15) is 0 Å². The van der Waals surface area contributed by atoms with E-state index in [0.717, 1.165) is 17.1 Å². The zero-order valence-corrected chi connectivity index (χ0v) is 22.2. The molecule has 6 aromatic carbocycles. The van der Waals surface area contributed by atoms with Gasteiger partial charge in [-0.05, 0) is 59.0 Å². The largest absolute Gasteiger partial charge is 0.358 e. The summed E-state index contributed by atoms with van der Waals surface area (Å²) >= 11 is 1.87. The molecule has 2 aromatic heterocycles. The van der Waals surface area contributed by atoms with Crippen LogP contribution in [0.3, 0.4) is 0 Å². The van der Waals surface area contributed by atoms with Crippen molar-refractivity contribution in [1.29, 1.82) is 0 Å². The summed E-state index contributed by atoms with van der Waals surface area (Å²) in [5, 5.41) is 11.6. The van der Waals surface area contributed by atoms with Crippen LogP contribution in [0.1, 0.15) is 11.7 Å². The van der Waals surface area contributed by atoms with Gasteiger partial charge >= 0.3 is 0 Å². The quantitative estimate of drug-likeness (QED) is 0.226. The Morgan fingerprint density at radius 3 is 2.38 bits per heavy atom. The molecule has 1 atom stereocenters. The monoisotopic (exact) mass is 527 g/mol. The Morgan fingerprint density at radius 2 is 1.40 bits per heavy atom. The Balaban J connectivity index is 1.32. The first-order chi connectivity index (χ1) is 19.8. The highest BCUT2D eigenvalue weighted by Crippen LogP contribution is 2.48. The average molecular weight is 528 g/mol. The molecule has 0 bridgehead atoms. The third-order valence-corrected chi connectivity index (χ3v) is 9.87. The lowest BCUT2D eigenvalue weighted by molar-refractivity contribution is 0.780. The second-order valence-corrected chi connectivity index (χ2v) is 11.9. The number of hydrogen-bond acceptors (Lipinski definition) is 3. The normalized spacial score (nSPS) is 15.6. The summed E-state index contributed by atoms with van der Waals surface area (Å²) in [5.74, 6) is 0. The van der Waals surface area contributed by atoms with E-state index in [4.69, 9.17) is 4.99 Å². The molecule has 0 spiro atoms. The van der Waals surface area contributed by atoms with Gasteiger partial charge in [0.1, 0.15) is 6.17 Å². The van der Waals surface area contributed by atoms with Crippen molar-refractivity contribution in [2.75, 3.05) is 5.32 Å². The van der Waals surface area contributed by atoms with Gasteiger partial charge < -0.3 is 9.88 Å². The maximum Gasteiger partial charge on any atom is 0.148 e. The van der Waals surface area contributed by atoms with Gasteiger partial charge in [-0.15, -0.1) is 11.3 Å². The number of thiophene rings is 1. The number of fused-ring (bicyclic) bond motifs is 12. The van der Waals surface area contributed by atoms with Crippen molar-refractivity contribution in [3.63, 3.8) is 0 Å². The molecule has 0 saturated heterocycles. The Kier molecular flexibility index (Phi) is 3.87.